The first kappa shape index (κ1) is 47.1. The average molecular weight is 978 g/mol. The number of hydrogen-bond donors (Lipinski definition) is 2. The fourth-order valence-electron chi connectivity index (χ4n) is 13.6. The Morgan fingerprint density at radius 3 is 2.26 bits per heavy atom. The van der Waals surface area contributed by atoms with Crippen LogP contribution in [0, 0.1) is 17.8 Å². The average Bonchev–Trinajstić information content (AvgIpc) is 4.04. The van der Waals surface area contributed by atoms with E-state index in [2.05, 4.69) is 79.9 Å². The number of benzene rings is 1. The van der Waals surface area contributed by atoms with Crippen molar-refractivity contribution in [3.8, 4) is 11.3 Å². The molecule has 12 rings (SSSR count). The predicted molar refractivity (Wildman–Crippen MR) is 275 cm³/mol. The first-order chi connectivity index (χ1) is 34.9. The molecule has 3 aromatic heterocycles. The number of fused-ring (bicyclic) bond motifs is 3. The highest BCUT2D eigenvalue weighted by Crippen LogP contribution is 2.52. The van der Waals surface area contributed by atoms with Crippen molar-refractivity contribution in [2.75, 3.05) is 67.5 Å². The number of piperidine rings is 5. The van der Waals surface area contributed by atoms with Crippen LogP contribution in [0.25, 0.3) is 22.3 Å². The molecule has 1 aromatic carbocycles. The smallest absolute Gasteiger partial charge is 0.238 e. The summed E-state index contributed by atoms with van der Waals surface area (Å²) < 4.78 is 2.20. The minimum atomic E-state index is -0.700. The molecule has 8 aliphatic rings. The molecule has 9 heterocycles. The molecule has 0 bridgehead atoms. The molecule has 380 valence electrons. The van der Waals surface area contributed by atoms with Gasteiger partial charge in [0.2, 0.25) is 29.5 Å². The lowest BCUT2D eigenvalue weighted by Crippen LogP contribution is -2.59. The second-order valence-corrected chi connectivity index (χ2v) is 23.1. The van der Waals surface area contributed by atoms with Gasteiger partial charge in [0.25, 0.3) is 0 Å². The maximum absolute atomic E-state index is 15.3. The molecule has 3 atom stereocenters. The number of hydrogen-bond acceptors (Lipinski definition) is 11. The fourth-order valence-corrected chi connectivity index (χ4v) is 13.6. The lowest BCUT2D eigenvalue weighted by atomic mass is 9.73. The van der Waals surface area contributed by atoms with E-state index >= 15 is 4.79 Å². The Bertz CT molecular complexity index is 2760. The Morgan fingerprint density at radius 2 is 1.56 bits per heavy atom. The number of imidazole rings is 1. The van der Waals surface area contributed by atoms with Gasteiger partial charge in [0.1, 0.15) is 11.3 Å². The van der Waals surface area contributed by atoms with E-state index in [1.807, 2.05) is 28.3 Å². The summed E-state index contributed by atoms with van der Waals surface area (Å²) in [6, 6.07) is 13.8. The van der Waals surface area contributed by atoms with Crippen LogP contribution in [0.1, 0.15) is 134 Å². The number of carbonyl (C=O) groups excluding carboxylic acids is 5. The van der Waals surface area contributed by atoms with E-state index in [0.717, 1.165) is 95.9 Å². The van der Waals surface area contributed by atoms with Crippen molar-refractivity contribution in [2.24, 2.45) is 17.8 Å². The Balaban J connectivity index is 0.727. The molecular formula is C56H71N11O5. The number of anilines is 3. The van der Waals surface area contributed by atoms with E-state index in [9.17, 15) is 19.2 Å². The Kier molecular flexibility index (Phi) is 12.3. The van der Waals surface area contributed by atoms with Crippen LogP contribution in [0.5, 0.6) is 0 Å². The van der Waals surface area contributed by atoms with Crippen molar-refractivity contribution in [1.29, 1.82) is 0 Å². The fraction of sp³-hybridized carbons (Fsp3) is 0.607. The molecule has 1 spiro atoms. The van der Waals surface area contributed by atoms with E-state index in [4.69, 9.17) is 9.97 Å². The number of pyridine rings is 2. The van der Waals surface area contributed by atoms with Gasteiger partial charge in [0.05, 0.1) is 34.8 Å². The molecule has 6 aliphatic heterocycles. The zero-order valence-electron chi connectivity index (χ0n) is 42.4. The van der Waals surface area contributed by atoms with Crippen LogP contribution < -0.4 is 20.4 Å². The van der Waals surface area contributed by atoms with Gasteiger partial charge < -0.3 is 34.4 Å². The van der Waals surface area contributed by atoms with Crippen LogP contribution in [-0.4, -0.2) is 134 Å². The van der Waals surface area contributed by atoms with E-state index in [1.54, 1.807) is 6.20 Å². The highest BCUT2D eigenvalue weighted by Gasteiger charge is 2.56. The molecule has 2 N–H and O–H groups in total. The van der Waals surface area contributed by atoms with Gasteiger partial charge in [-0.25, -0.2) is 15.0 Å². The van der Waals surface area contributed by atoms with Crippen LogP contribution in [0.4, 0.5) is 17.3 Å². The van der Waals surface area contributed by atoms with Crippen molar-refractivity contribution in [3.63, 3.8) is 0 Å². The van der Waals surface area contributed by atoms with Crippen LogP contribution in [0.2, 0.25) is 0 Å². The number of carbonyl (C=O) groups is 5. The number of aromatic nitrogens is 4. The molecule has 7 fully saturated rings. The van der Waals surface area contributed by atoms with E-state index < -0.39 is 5.41 Å². The number of rotatable bonds is 10. The van der Waals surface area contributed by atoms with Gasteiger partial charge in [0, 0.05) is 93.2 Å². The molecular weight excluding hydrogens is 907 g/mol. The molecule has 72 heavy (non-hydrogen) atoms. The molecule has 0 radical (unpaired) electrons. The molecule has 4 aromatic rings. The summed E-state index contributed by atoms with van der Waals surface area (Å²) in [5.41, 5.74) is 5.97. The minimum Gasteiger partial charge on any atom is -0.366 e. The Hall–Kier alpha value is -5.90. The summed E-state index contributed by atoms with van der Waals surface area (Å²) >= 11 is 0. The van der Waals surface area contributed by atoms with E-state index in [0.29, 0.717) is 89.9 Å². The molecule has 2 aliphatic carbocycles. The molecule has 2 saturated carbocycles. The first-order valence-corrected chi connectivity index (χ1v) is 27.4. The molecule has 16 nitrogen and oxygen atoms in total. The summed E-state index contributed by atoms with van der Waals surface area (Å²) in [5, 5.41) is 6.14. The molecule has 1 unspecified atom stereocenters. The van der Waals surface area contributed by atoms with Crippen LogP contribution in [-0.2, 0) is 29.4 Å². The highest BCUT2D eigenvalue weighted by molar-refractivity contribution is 6.09. The topological polar surface area (TPSA) is 169 Å². The summed E-state index contributed by atoms with van der Waals surface area (Å²) in [6.07, 6.45) is 15.8. The molecule has 5 amide bonds. The third-order valence-electron chi connectivity index (χ3n) is 17.9. The number of imide groups is 1. The van der Waals surface area contributed by atoms with Crippen LogP contribution >= 0.6 is 0 Å². The highest BCUT2D eigenvalue weighted by atomic mass is 16.2. The predicted octanol–water partition coefficient (Wildman–Crippen LogP) is 6.79. The van der Waals surface area contributed by atoms with Gasteiger partial charge >= 0.3 is 0 Å². The van der Waals surface area contributed by atoms with Gasteiger partial charge in [-0.05, 0) is 139 Å². The minimum absolute atomic E-state index is 0.106. The van der Waals surface area contributed by atoms with Gasteiger partial charge in [-0.2, -0.15) is 0 Å². The second-order valence-electron chi connectivity index (χ2n) is 23.1. The SMILES string of the molecule is CC(C)n1cnc2cc(-c3ccc4c(c3)N(C3CC(N5CCCCC5)C3)C(=O)C43CCN(C(=O)[C@H]4C[C@@H](C)CN(C(=O)C5CCN(c6ccc(C7CCC(=O)NC7=O)cn6)CC5)C4)CC3)nc(NC3CC3)c21. The van der Waals surface area contributed by atoms with E-state index in [-0.39, 0.29) is 65.3 Å². The Labute approximate surface area is 422 Å². The standard InChI is InChI=1S/C56H71N11O5/c1-34(2)66-33-58-46-29-45(60-51(50(46)66)59-40-9-10-40)37-7-12-44-47(26-37)67(42-27-41(28-42)62-19-5-4-6-20-62)55(72)56(44)17-23-64(24-18-56)54(71)39-25-35(3)31-65(32-39)53(70)36-15-21-63(22-16-36)48-13-8-38(30-57-48)43-11-14-49(68)61-52(43)69/h7-8,12-13,26,29-30,33-36,39-43H,4-6,9-11,14-25,27-28,31-32H2,1-3H3,(H,59,60)(H,61,68,69)/t35-,39+,41?,42?,43?/m1/s1. The summed E-state index contributed by atoms with van der Waals surface area (Å²) in [7, 11) is 0. The van der Waals surface area contributed by atoms with Crippen molar-refractivity contribution in [3.05, 3.63) is 60.0 Å². The maximum atomic E-state index is 15.3. The summed E-state index contributed by atoms with van der Waals surface area (Å²) in [5.74, 6) is 1.05. The van der Waals surface area contributed by atoms with Crippen molar-refractivity contribution in [2.45, 2.75) is 146 Å². The normalized spacial score (nSPS) is 27.1. The van der Waals surface area contributed by atoms with Gasteiger partial charge in [0.15, 0.2) is 5.82 Å². The van der Waals surface area contributed by atoms with Gasteiger partial charge in [-0.3, -0.25) is 29.3 Å². The quantitative estimate of drug-likeness (QED) is 0.161. The third-order valence-corrected chi connectivity index (χ3v) is 17.9. The monoisotopic (exact) mass is 978 g/mol. The third kappa shape index (κ3) is 8.62. The zero-order valence-corrected chi connectivity index (χ0v) is 42.4. The van der Waals surface area contributed by atoms with Gasteiger partial charge in [-0.1, -0.05) is 31.5 Å². The number of likely N-dealkylation sites (tertiary alicyclic amines) is 3. The van der Waals surface area contributed by atoms with Crippen LogP contribution in [0.3, 0.4) is 0 Å². The van der Waals surface area contributed by atoms with Crippen molar-refractivity contribution < 1.29 is 24.0 Å². The molecule has 16 heteroatoms. The Morgan fingerprint density at radius 1 is 0.792 bits per heavy atom. The van der Waals surface area contributed by atoms with Crippen molar-refractivity contribution >= 4 is 57.9 Å². The summed E-state index contributed by atoms with van der Waals surface area (Å²) in [4.78, 5) is 94.0. The number of nitrogens with zero attached hydrogens (tertiary/aromatic N) is 9. The number of amides is 5. The van der Waals surface area contributed by atoms with E-state index in [1.165, 1.54) is 19.3 Å². The van der Waals surface area contributed by atoms with Crippen LogP contribution in [0.15, 0.2) is 48.9 Å². The molecule has 5 saturated heterocycles. The maximum Gasteiger partial charge on any atom is 0.238 e. The lowest BCUT2D eigenvalue weighted by Gasteiger charge is -2.48. The zero-order chi connectivity index (χ0) is 49.4. The lowest BCUT2D eigenvalue weighted by molar-refractivity contribution is -0.146. The first-order valence-electron chi connectivity index (χ1n) is 27.4. The largest absolute Gasteiger partial charge is 0.366 e. The van der Waals surface area contributed by atoms with Gasteiger partial charge in [-0.15, -0.1) is 0 Å². The van der Waals surface area contributed by atoms with Crippen molar-refractivity contribution in [1.82, 2.24) is 39.5 Å². The number of nitrogens with one attached hydrogen (secondary N) is 2. The summed E-state index contributed by atoms with van der Waals surface area (Å²) in [6.45, 7) is 12.3. The second kappa shape index (κ2) is 18.9.